The zero-order valence-corrected chi connectivity index (χ0v) is 23.3. The van der Waals surface area contributed by atoms with Crippen LogP contribution < -0.4 is 0 Å². The predicted octanol–water partition coefficient (Wildman–Crippen LogP) is 8.89. The molecule has 0 unspecified atom stereocenters. The van der Waals surface area contributed by atoms with Crippen LogP contribution in [-0.2, 0) is 10.8 Å². The Balaban J connectivity index is 1.40. The minimum absolute atomic E-state index is 0.0235. The molecule has 4 rings (SSSR count). The monoisotopic (exact) mass is 506 g/mol. The van der Waals surface area contributed by atoms with Gasteiger partial charge in [0.05, 0.1) is 0 Å². The topological polar surface area (TPSA) is 34.1 Å². The number of hydrogen-bond donors (Lipinski definition) is 0. The molecule has 0 radical (unpaired) electrons. The van der Waals surface area contributed by atoms with Gasteiger partial charge in [0, 0.05) is 32.0 Å². The van der Waals surface area contributed by atoms with Crippen molar-refractivity contribution in [2.24, 2.45) is 0 Å². The molecule has 4 aromatic carbocycles. The van der Waals surface area contributed by atoms with Crippen LogP contribution >= 0.6 is 11.8 Å². The van der Waals surface area contributed by atoms with Crippen molar-refractivity contribution >= 4 is 23.3 Å². The minimum Gasteiger partial charge on any atom is -0.289 e. The lowest BCUT2D eigenvalue weighted by molar-refractivity contribution is 0.103. The lowest BCUT2D eigenvalue weighted by Crippen LogP contribution is -2.11. The van der Waals surface area contributed by atoms with E-state index in [1.165, 1.54) is 11.1 Å². The van der Waals surface area contributed by atoms with E-state index in [9.17, 15) is 9.59 Å². The standard InChI is InChI=1S/C34H34O2S/c1-33(2,3)27-15-7-23(8-16-27)31(35)25-11-19-29(20-12-25)37-30-21-13-26(14-22-30)32(36)24-9-17-28(18-10-24)34(4,5)6/h7-22H,1-6H3. The number of carbonyl (C=O) groups is 2. The van der Waals surface area contributed by atoms with Crippen LogP contribution in [-0.4, -0.2) is 11.6 Å². The van der Waals surface area contributed by atoms with E-state index in [1.54, 1.807) is 11.8 Å². The lowest BCUT2D eigenvalue weighted by atomic mass is 9.86. The fraction of sp³-hybridized carbons (Fsp3) is 0.235. The van der Waals surface area contributed by atoms with Crippen molar-refractivity contribution in [1.29, 1.82) is 0 Å². The number of hydrogen-bond acceptors (Lipinski definition) is 3. The Hall–Kier alpha value is -3.43. The Labute approximate surface area is 225 Å². The predicted molar refractivity (Wildman–Crippen MR) is 154 cm³/mol. The van der Waals surface area contributed by atoms with Gasteiger partial charge in [-0.2, -0.15) is 0 Å². The first-order chi connectivity index (χ1) is 17.4. The van der Waals surface area contributed by atoms with E-state index in [0.717, 1.165) is 9.79 Å². The molecule has 0 N–H and O–H groups in total. The highest BCUT2D eigenvalue weighted by molar-refractivity contribution is 7.99. The summed E-state index contributed by atoms with van der Waals surface area (Å²) in [5.74, 6) is 0.0471. The molecule has 0 aliphatic carbocycles. The molecule has 188 valence electrons. The maximum atomic E-state index is 12.9. The van der Waals surface area contributed by atoms with Crippen molar-refractivity contribution in [3.8, 4) is 0 Å². The van der Waals surface area contributed by atoms with E-state index in [2.05, 4.69) is 41.5 Å². The van der Waals surface area contributed by atoms with E-state index in [0.29, 0.717) is 22.3 Å². The van der Waals surface area contributed by atoms with Crippen LogP contribution in [0.3, 0.4) is 0 Å². The van der Waals surface area contributed by atoms with Gasteiger partial charge in [0.2, 0.25) is 0 Å². The summed E-state index contributed by atoms with van der Waals surface area (Å²) in [6.07, 6.45) is 0. The number of carbonyl (C=O) groups excluding carboxylic acids is 2. The van der Waals surface area contributed by atoms with Gasteiger partial charge in [-0.3, -0.25) is 9.59 Å². The molecule has 0 aliphatic rings. The van der Waals surface area contributed by atoms with Crippen LogP contribution in [0.5, 0.6) is 0 Å². The van der Waals surface area contributed by atoms with E-state index >= 15 is 0 Å². The third-order valence-electron chi connectivity index (χ3n) is 6.49. The Bertz CT molecular complexity index is 1270. The largest absolute Gasteiger partial charge is 0.289 e. The van der Waals surface area contributed by atoms with Gasteiger partial charge in [-0.05, 0) is 70.5 Å². The molecule has 3 heteroatoms. The lowest BCUT2D eigenvalue weighted by Gasteiger charge is -2.19. The third kappa shape index (κ3) is 6.47. The molecule has 0 aliphatic heterocycles. The van der Waals surface area contributed by atoms with Crippen LogP contribution in [0.2, 0.25) is 0 Å². The summed E-state index contributed by atoms with van der Waals surface area (Å²) in [5.41, 5.74) is 5.28. The average Bonchev–Trinajstić information content (AvgIpc) is 2.88. The molecular formula is C34H34O2S. The number of rotatable bonds is 6. The molecule has 0 atom stereocenters. The second-order valence-corrected chi connectivity index (χ2v) is 12.6. The fourth-order valence-electron chi connectivity index (χ4n) is 4.06. The first kappa shape index (κ1) is 26.6. The summed E-state index contributed by atoms with van der Waals surface area (Å²) in [6.45, 7) is 13.0. The highest BCUT2D eigenvalue weighted by Gasteiger charge is 2.16. The summed E-state index contributed by atoms with van der Waals surface area (Å²) in [6, 6.07) is 31.2. The van der Waals surface area contributed by atoms with Gasteiger partial charge < -0.3 is 0 Å². The average molecular weight is 507 g/mol. The van der Waals surface area contributed by atoms with Crippen LogP contribution in [0.15, 0.2) is 107 Å². The summed E-state index contributed by atoms with van der Waals surface area (Å²) >= 11 is 1.61. The molecule has 0 spiro atoms. The molecular weight excluding hydrogens is 472 g/mol. The smallest absolute Gasteiger partial charge is 0.193 e. The van der Waals surface area contributed by atoms with E-state index < -0.39 is 0 Å². The van der Waals surface area contributed by atoms with Crippen LogP contribution in [0.4, 0.5) is 0 Å². The highest BCUT2D eigenvalue weighted by atomic mass is 32.2. The molecule has 0 amide bonds. The number of ketones is 2. The maximum absolute atomic E-state index is 12.9. The minimum atomic E-state index is 0.0235. The van der Waals surface area contributed by atoms with Crippen molar-refractivity contribution in [1.82, 2.24) is 0 Å². The first-order valence-corrected chi connectivity index (χ1v) is 13.4. The Morgan fingerprint density at radius 3 is 0.919 bits per heavy atom. The van der Waals surface area contributed by atoms with Gasteiger partial charge in [-0.15, -0.1) is 0 Å². The SMILES string of the molecule is CC(C)(C)c1ccc(C(=O)c2ccc(Sc3ccc(C(=O)c4ccc(C(C)(C)C)cc4)cc3)cc2)cc1. The van der Waals surface area contributed by atoms with Gasteiger partial charge in [0.1, 0.15) is 0 Å². The summed E-state index contributed by atoms with van der Waals surface area (Å²) < 4.78 is 0. The van der Waals surface area contributed by atoms with Gasteiger partial charge in [0.25, 0.3) is 0 Å². The van der Waals surface area contributed by atoms with Crippen LogP contribution in [0.25, 0.3) is 0 Å². The highest BCUT2D eigenvalue weighted by Crippen LogP contribution is 2.29. The first-order valence-electron chi connectivity index (χ1n) is 12.6. The molecule has 0 fully saturated rings. The zero-order valence-electron chi connectivity index (χ0n) is 22.5. The van der Waals surface area contributed by atoms with E-state index in [4.69, 9.17) is 0 Å². The van der Waals surface area contributed by atoms with Gasteiger partial charge in [-0.25, -0.2) is 0 Å². The van der Waals surface area contributed by atoms with E-state index in [1.807, 2.05) is 97.1 Å². The summed E-state index contributed by atoms with van der Waals surface area (Å²) in [7, 11) is 0. The van der Waals surface area contributed by atoms with Gasteiger partial charge in [-0.1, -0.05) is 102 Å². The van der Waals surface area contributed by atoms with Crippen molar-refractivity contribution in [3.05, 3.63) is 130 Å². The van der Waals surface area contributed by atoms with Crippen LogP contribution in [0.1, 0.15) is 84.5 Å². The Kier molecular flexibility index (Phi) is 7.57. The molecule has 0 saturated heterocycles. The molecule has 4 aromatic rings. The van der Waals surface area contributed by atoms with Crippen molar-refractivity contribution in [2.75, 3.05) is 0 Å². The van der Waals surface area contributed by atoms with Crippen LogP contribution in [0, 0.1) is 0 Å². The normalized spacial score (nSPS) is 11.8. The second-order valence-electron chi connectivity index (χ2n) is 11.5. The van der Waals surface area contributed by atoms with E-state index in [-0.39, 0.29) is 22.4 Å². The molecule has 0 heterocycles. The maximum Gasteiger partial charge on any atom is 0.193 e. The van der Waals surface area contributed by atoms with Crippen molar-refractivity contribution < 1.29 is 9.59 Å². The Morgan fingerprint density at radius 2 is 0.676 bits per heavy atom. The fourth-order valence-corrected chi connectivity index (χ4v) is 4.88. The van der Waals surface area contributed by atoms with Gasteiger partial charge >= 0.3 is 0 Å². The third-order valence-corrected chi connectivity index (χ3v) is 7.51. The molecule has 0 aromatic heterocycles. The second kappa shape index (κ2) is 10.5. The summed E-state index contributed by atoms with van der Waals surface area (Å²) in [5, 5.41) is 0. The summed E-state index contributed by atoms with van der Waals surface area (Å²) in [4.78, 5) is 27.9. The molecule has 37 heavy (non-hydrogen) atoms. The van der Waals surface area contributed by atoms with Crippen molar-refractivity contribution in [3.63, 3.8) is 0 Å². The molecule has 0 bridgehead atoms. The zero-order chi connectivity index (χ0) is 26.8. The Morgan fingerprint density at radius 1 is 0.432 bits per heavy atom. The number of benzene rings is 4. The quantitative estimate of drug-likeness (QED) is 0.245. The van der Waals surface area contributed by atoms with Crippen molar-refractivity contribution in [2.45, 2.75) is 62.2 Å². The van der Waals surface area contributed by atoms with Gasteiger partial charge in [0.15, 0.2) is 11.6 Å². The molecule has 2 nitrogen and oxygen atoms in total. The molecule has 0 saturated carbocycles.